The summed E-state index contributed by atoms with van der Waals surface area (Å²) in [6.07, 6.45) is 7.69. The highest BCUT2D eigenvalue weighted by Gasteiger charge is 2.25. The van der Waals surface area contributed by atoms with Crippen molar-refractivity contribution in [2.45, 2.75) is 38.3 Å². The molecule has 1 saturated heterocycles. The maximum Gasteiger partial charge on any atom is 0.273 e. The first kappa shape index (κ1) is 17.8. The minimum absolute atomic E-state index is 0.126. The van der Waals surface area contributed by atoms with Crippen molar-refractivity contribution in [3.05, 3.63) is 41.4 Å². The summed E-state index contributed by atoms with van der Waals surface area (Å²) in [7, 11) is 0. The van der Waals surface area contributed by atoms with E-state index in [4.69, 9.17) is 20.8 Å². The topological polar surface area (TPSA) is 69.3 Å². The van der Waals surface area contributed by atoms with Gasteiger partial charge in [0.2, 0.25) is 5.89 Å². The fourth-order valence-electron chi connectivity index (χ4n) is 3.77. The lowest BCUT2D eigenvalue weighted by Crippen LogP contribution is -2.39. The molecule has 1 amide bonds. The number of benzene rings is 1. The fraction of sp³-hybridized carbons (Fsp3) is 0.429. The van der Waals surface area contributed by atoms with Crippen molar-refractivity contribution in [2.75, 3.05) is 13.2 Å². The number of carbonyl (C=O) groups excluding carboxylic acids is 1. The van der Waals surface area contributed by atoms with Gasteiger partial charge in [0, 0.05) is 47.9 Å². The van der Waals surface area contributed by atoms with E-state index in [9.17, 15) is 4.79 Å². The van der Waals surface area contributed by atoms with E-state index in [1.807, 2.05) is 18.2 Å². The number of fused-ring (bicyclic) bond motifs is 1. The van der Waals surface area contributed by atoms with E-state index in [0.717, 1.165) is 41.8 Å². The lowest BCUT2D eigenvalue weighted by atomic mass is 10.1. The summed E-state index contributed by atoms with van der Waals surface area (Å²) in [6, 6.07) is 5.99. The van der Waals surface area contributed by atoms with Crippen molar-refractivity contribution in [3.63, 3.8) is 0 Å². The van der Waals surface area contributed by atoms with Crippen molar-refractivity contribution in [2.24, 2.45) is 5.92 Å². The number of nitrogens with zero attached hydrogens (tertiary/aromatic N) is 2. The van der Waals surface area contributed by atoms with E-state index in [1.54, 1.807) is 0 Å². The van der Waals surface area contributed by atoms with Crippen LogP contribution in [0, 0.1) is 5.92 Å². The van der Waals surface area contributed by atoms with Crippen molar-refractivity contribution in [3.8, 4) is 11.5 Å². The van der Waals surface area contributed by atoms with Crippen molar-refractivity contribution in [1.29, 1.82) is 0 Å². The molecule has 146 valence electrons. The average molecular weight is 400 g/mol. The van der Waals surface area contributed by atoms with Crippen LogP contribution in [-0.4, -0.2) is 34.7 Å². The number of amides is 1. The van der Waals surface area contributed by atoms with Crippen LogP contribution in [0.5, 0.6) is 0 Å². The largest absolute Gasteiger partial charge is 0.444 e. The molecule has 3 aromatic rings. The second kappa shape index (κ2) is 7.26. The number of rotatable bonds is 5. The molecule has 2 aromatic heterocycles. The van der Waals surface area contributed by atoms with E-state index in [2.05, 4.69) is 21.1 Å². The Labute approximate surface area is 167 Å². The van der Waals surface area contributed by atoms with Crippen molar-refractivity contribution >= 4 is 28.4 Å². The van der Waals surface area contributed by atoms with Gasteiger partial charge in [0.15, 0.2) is 5.69 Å². The summed E-state index contributed by atoms with van der Waals surface area (Å²) >= 11 is 6.23. The zero-order valence-corrected chi connectivity index (χ0v) is 16.2. The predicted octanol–water partition coefficient (Wildman–Crippen LogP) is 4.27. The van der Waals surface area contributed by atoms with E-state index in [0.29, 0.717) is 29.8 Å². The van der Waals surface area contributed by atoms with Crippen LogP contribution < -0.4 is 5.32 Å². The van der Waals surface area contributed by atoms with Gasteiger partial charge in [-0.15, -0.1) is 0 Å². The second-order valence-electron chi connectivity index (χ2n) is 7.70. The molecule has 0 atom stereocenters. The van der Waals surface area contributed by atoms with E-state index in [1.165, 1.54) is 19.1 Å². The van der Waals surface area contributed by atoms with Gasteiger partial charge in [-0.2, -0.15) is 0 Å². The van der Waals surface area contributed by atoms with Crippen LogP contribution in [0.2, 0.25) is 5.02 Å². The molecule has 7 heteroatoms. The Hall–Kier alpha value is -2.31. The van der Waals surface area contributed by atoms with E-state index < -0.39 is 0 Å². The minimum atomic E-state index is -0.207. The number of hydrogen-bond donors (Lipinski definition) is 1. The predicted molar refractivity (Wildman–Crippen MR) is 106 cm³/mol. The molecule has 0 unspecified atom stereocenters. The van der Waals surface area contributed by atoms with Crippen LogP contribution in [0.3, 0.4) is 0 Å². The Morgan fingerprint density at radius 2 is 2.07 bits per heavy atom. The molecule has 0 bridgehead atoms. The fourth-order valence-corrected chi connectivity index (χ4v) is 3.94. The number of aromatic nitrogens is 2. The van der Waals surface area contributed by atoms with Gasteiger partial charge in [-0.25, -0.2) is 4.98 Å². The third-order valence-corrected chi connectivity index (χ3v) is 5.75. The lowest BCUT2D eigenvalue weighted by Gasteiger charge is -2.22. The Balaban J connectivity index is 1.43. The molecule has 3 heterocycles. The second-order valence-corrected chi connectivity index (χ2v) is 8.13. The molecule has 2 fully saturated rings. The maximum atomic E-state index is 12.5. The van der Waals surface area contributed by atoms with Gasteiger partial charge < -0.3 is 19.0 Å². The van der Waals surface area contributed by atoms with Crippen molar-refractivity contribution < 1.29 is 13.9 Å². The van der Waals surface area contributed by atoms with Gasteiger partial charge in [0.25, 0.3) is 5.91 Å². The zero-order chi connectivity index (χ0) is 19.1. The molecule has 2 aliphatic rings. The standard InChI is InChI=1S/C21H22ClN3O3/c22-14-3-4-19-16(9-14)17(11-25(19)10-13-1-2-13)21-24-18(12-28-21)20(26)23-15-5-7-27-8-6-15/h3-4,9,11-13,15H,1-2,5-8,10H2,(H,23,26). The number of nitrogens with one attached hydrogen (secondary N) is 1. The summed E-state index contributed by atoms with van der Waals surface area (Å²) in [5.74, 6) is 0.977. The number of ether oxygens (including phenoxy) is 1. The SMILES string of the molecule is O=C(NC1CCOCC1)c1coc(-c2cn(CC3CC3)c3ccc(Cl)cc23)n1. The van der Waals surface area contributed by atoms with Crippen LogP contribution in [-0.2, 0) is 11.3 Å². The maximum absolute atomic E-state index is 12.5. The van der Waals surface area contributed by atoms with Crippen LogP contribution >= 0.6 is 11.6 Å². The summed E-state index contributed by atoms with van der Waals surface area (Å²) in [4.78, 5) is 17.0. The van der Waals surface area contributed by atoms with Crippen LogP contribution in [0.4, 0.5) is 0 Å². The molecular formula is C21H22ClN3O3. The highest BCUT2D eigenvalue weighted by atomic mass is 35.5. The third kappa shape index (κ3) is 3.54. The van der Waals surface area contributed by atoms with Gasteiger partial charge in [0.05, 0.1) is 5.56 Å². The molecule has 1 N–H and O–H groups in total. The summed E-state index contributed by atoms with van der Waals surface area (Å²) < 4.78 is 13.3. The van der Waals surface area contributed by atoms with Crippen LogP contribution in [0.15, 0.2) is 35.1 Å². The molecule has 28 heavy (non-hydrogen) atoms. The Morgan fingerprint density at radius 3 is 2.86 bits per heavy atom. The van der Waals surface area contributed by atoms with Gasteiger partial charge in [0.1, 0.15) is 6.26 Å². The monoisotopic (exact) mass is 399 g/mol. The highest BCUT2D eigenvalue weighted by molar-refractivity contribution is 6.31. The molecule has 1 aliphatic carbocycles. The normalized spacial score (nSPS) is 17.9. The summed E-state index contributed by atoms with van der Waals surface area (Å²) in [5, 5.41) is 4.68. The zero-order valence-electron chi connectivity index (χ0n) is 15.5. The van der Waals surface area contributed by atoms with Crippen molar-refractivity contribution in [1.82, 2.24) is 14.9 Å². The molecule has 1 aromatic carbocycles. The van der Waals surface area contributed by atoms with Gasteiger partial charge in [-0.3, -0.25) is 4.79 Å². The Kier molecular flexibility index (Phi) is 4.61. The number of carbonyl (C=O) groups is 1. The smallest absolute Gasteiger partial charge is 0.273 e. The first-order valence-corrected chi connectivity index (χ1v) is 10.2. The molecule has 1 saturated carbocycles. The van der Waals surface area contributed by atoms with Crippen LogP contribution in [0.25, 0.3) is 22.4 Å². The Morgan fingerprint density at radius 1 is 1.25 bits per heavy atom. The molecule has 6 nitrogen and oxygen atoms in total. The number of halogens is 1. The van der Waals surface area contributed by atoms with Gasteiger partial charge >= 0.3 is 0 Å². The summed E-state index contributed by atoms with van der Waals surface area (Å²) in [5.41, 5.74) is 2.27. The molecule has 1 aliphatic heterocycles. The van der Waals surface area contributed by atoms with E-state index >= 15 is 0 Å². The molecule has 0 spiro atoms. The van der Waals surface area contributed by atoms with Gasteiger partial charge in [-0.1, -0.05) is 11.6 Å². The first-order valence-electron chi connectivity index (χ1n) is 9.80. The molecular weight excluding hydrogens is 378 g/mol. The lowest BCUT2D eigenvalue weighted by molar-refractivity contribution is 0.0694. The van der Waals surface area contributed by atoms with Crippen LogP contribution in [0.1, 0.15) is 36.2 Å². The minimum Gasteiger partial charge on any atom is -0.444 e. The first-order chi connectivity index (χ1) is 13.7. The molecule has 0 radical (unpaired) electrons. The van der Waals surface area contributed by atoms with E-state index in [-0.39, 0.29) is 11.9 Å². The molecule has 5 rings (SSSR count). The number of oxazole rings is 1. The third-order valence-electron chi connectivity index (χ3n) is 5.52. The Bertz CT molecular complexity index is 1020. The average Bonchev–Trinajstić information content (AvgIpc) is 3.25. The quantitative estimate of drug-likeness (QED) is 0.695. The van der Waals surface area contributed by atoms with Gasteiger partial charge in [-0.05, 0) is 49.8 Å². The summed E-state index contributed by atoms with van der Waals surface area (Å²) in [6.45, 7) is 2.34. The highest BCUT2D eigenvalue weighted by Crippen LogP contribution is 2.36. The number of hydrogen-bond acceptors (Lipinski definition) is 4.